The highest BCUT2D eigenvalue weighted by Gasteiger charge is 2.35. The van der Waals surface area contributed by atoms with Gasteiger partial charge in [-0.25, -0.2) is 4.39 Å². The maximum Gasteiger partial charge on any atom is 0.275 e. The normalized spacial score (nSPS) is 15.8. The lowest BCUT2D eigenvalue weighted by Crippen LogP contribution is -3.13. The van der Waals surface area contributed by atoms with Gasteiger partial charge in [0.2, 0.25) is 0 Å². The van der Waals surface area contributed by atoms with Crippen molar-refractivity contribution in [1.29, 1.82) is 0 Å². The molecule has 1 aliphatic rings. The zero-order chi connectivity index (χ0) is 19.2. The Labute approximate surface area is 159 Å². The number of amides is 1. The van der Waals surface area contributed by atoms with E-state index >= 15 is 0 Å². The van der Waals surface area contributed by atoms with E-state index in [4.69, 9.17) is 0 Å². The second-order valence-corrected chi connectivity index (χ2v) is 7.33. The van der Waals surface area contributed by atoms with Crippen LogP contribution in [0, 0.1) is 5.82 Å². The van der Waals surface area contributed by atoms with Crippen LogP contribution in [0.15, 0.2) is 54.6 Å². The standard InChI is InChI=1S/C22H25FN2O2/c1-16(26)21(13-17-5-3-2-4-6-17)24-22(27)15-25(20-11-12-20)14-18-7-9-19(23)10-8-18/h2-10,20-21H,11-15H2,1H3,(H,24,27)/p+1/t21-/m1/s1. The van der Waals surface area contributed by atoms with Crippen LogP contribution in [0.25, 0.3) is 0 Å². The SMILES string of the molecule is CC(=O)[C@@H](Cc1ccccc1)NC(=O)C[NH+](Cc1ccc(F)cc1)C1CC1. The lowest BCUT2D eigenvalue weighted by molar-refractivity contribution is -0.917. The molecule has 0 spiro atoms. The first-order valence-electron chi connectivity index (χ1n) is 9.44. The number of carbonyl (C=O) groups excluding carboxylic acids is 2. The van der Waals surface area contributed by atoms with Crippen LogP contribution in [0.4, 0.5) is 4.39 Å². The number of Topliss-reactive ketones (excluding diaryl/α,β-unsaturated/α-hetero) is 1. The Morgan fingerprint density at radius 1 is 1.07 bits per heavy atom. The van der Waals surface area contributed by atoms with Gasteiger partial charge in [-0.3, -0.25) is 9.59 Å². The van der Waals surface area contributed by atoms with Gasteiger partial charge in [-0.15, -0.1) is 0 Å². The summed E-state index contributed by atoms with van der Waals surface area (Å²) in [5, 5.41) is 2.90. The molecule has 1 fully saturated rings. The second kappa shape index (κ2) is 8.91. The van der Waals surface area contributed by atoms with E-state index in [1.807, 2.05) is 30.3 Å². The summed E-state index contributed by atoms with van der Waals surface area (Å²) in [6.07, 6.45) is 2.70. The van der Waals surface area contributed by atoms with Crippen LogP contribution in [0.3, 0.4) is 0 Å². The van der Waals surface area contributed by atoms with Crippen molar-refractivity contribution in [2.45, 2.75) is 44.8 Å². The number of ketones is 1. The van der Waals surface area contributed by atoms with Gasteiger partial charge in [0.25, 0.3) is 5.91 Å². The molecule has 4 nitrogen and oxygen atoms in total. The summed E-state index contributed by atoms with van der Waals surface area (Å²) >= 11 is 0. The van der Waals surface area contributed by atoms with Crippen molar-refractivity contribution in [1.82, 2.24) is 5.32 Å². The fourth-order valence-electron chi connectivity index (χ4n) is 3.30. The van der Waals surface area contributed by atoms with Crippen LogP contribution >= 0.6 is 0 Å². The number of quaternary nitrogens is 1. The first-order chi connectivity index (χ1) is 13.0. The summed E-state index contributed by atoms with van der Waals surface area (Å²) in [5.74, 6) is -0.413. The maximum atomic E-state index is 13.1. The van der Waals surface area contributed by atoms with E-state index in [2.05, 4.69) is 5.32 Å². The molecule has 5 heteroatoms. The van der Waals surface area contributed by atoms with Crippen molar-refractivity contribution in [3.05, 3.63) is 71.5 Å². The van der Waals surface area contributed by atoms with E-state index in [0.29, 0.717) is 25.6 Å². The van der Waals surface area contributed by atoms with E-state index in [1.165, 1.54) is 24.0 Å². The highest BCUT2D eigenvalue weighted by Crippen LogP contribution is 2.16. The minimum absolute atomic E-state index is 0.0429. The molecular weight excluding hydrogens is 343 g/mol. The van der Waals surface area contributed by atoms with Gasteiger partial charge in [-0.2, -0.15) is 0 Å². The van der Waals surface area contributed by atoms with Gasteiger partial charge in [0.1, 0.15) is 12.4 Å². The molecule has 1 amide bonds. The molecule has 1 unspecified atom stereocenters. The molecule has 2 aromatic carbocycles. The smallest absolute Gasteiger partial charge is 0.275 e. The summed E-state index contributed by atoms with van der Waals surface area (Å²) in [6, 6.07) is 16.1. The Kier molecular flexibility index (Phi) is 6.35. The number of hydrogen-bond donors (Lipinski definition) is 2. The molecule has 2 N–H and O–H groups in total. The molecule has 2 atom stereocenters. The average Bonchev–Trinajstić information content (AvgIpc) is 3.48. The van der Waals surface area contributed by atoms with Crippen molar-refractivity contribution < 1.29 is 18.9 Å². The third-order valence-corrected chi connectivity index (χ3v) is 5.00. The Bertz CT molecular complexity index is 773. The Morgan fingerprint density at radius 3 is 2.33 bits per heavy atom. The molecule has 2 aromatic rings. The first kappa shape index (κ1) is 19.2. The van der Waals surface area contributed by atoms with E-state index in [1.54, 1.807) is 12.1 Å². The third kappa shape index (κ3) is 6.00. The predicted octanol–water partition coefficient (Wildman–Crippen LogP) is 1.69. The van der Waals surface area contributed by atoms with E-state index < -0.39 is 6.04 Å². The number of rotatable bonds is 9. The predicted molar refractivity (Wildman–Crippen MR) is 102 cm³/mol. The quantitative estimate of drug-likeness (QED) is 0.707. The Hall–Kier alpha value is -2.53. The summed E-state index contributed by atoms with van der Waals surface area (Å²) < 4.78 is 13.1. The number of benzene rings is 2. The number of halogens is 1. The third-order valence-electron chi connectivity index (χ3n) is 5.00. The summed E-state index contributed by atoms with van der Waals surface area (Å²) in [4.78, 5) is 25.7. The summed E-state index contributed by atoms with van der Waals surface area (Å²) in [6.45, 7) is 2.51. The molecule has 0 aliphatic heterocycles. The van der Waals surface area contributed by atoms with Gasteiger partial charge in [-0.1, -0.05) is 42.5 Å². The maximum absolute atomic E-state index is 13.1. The monoisotopic (exact) mass is 369 g/mol. The van der Waals surface area contributed by atoms with Crippen molar-refractivity contribution >= 4 is 11.7 Å². The van der Waals surface area contributed by atoms with E-state index in [-0.39, 0.29) is 17.5 Å². The van der Waals surface area contributed by atoms with Crippen LogP contribution < -0.4 is 10.2 Å². The zero-order valence-electron chi connectivity index (χ0n) is 15.6. The second-order valence-electron chi connectivity index (χ2n) is 7.33. The minimum Gasteiger partial charge on any atom is -0.341 e. The van der Waals surface area contributed by atoms with Crippen molar-refractivity contribution in [3.8, 4) is 0 Å². The number of carbonyl (C=O) groups is 2. The van der Waals surface area contributed by atoms with E-state index in [0.717, 1.165) is 24.0 Å². The highest BCUT2D eigenvalue weighted by atomic mass is 19.1. The number of nitrogens with one attached hydrogen (secondary N) is 2. The van der Waals surface area contributed by atoms with Gasteiger partial charge < -0.3 is 10.2 Å². The van der Waals surface area contributed by atoms with Crippen LogP contribution in [0.1, 0.15) is 30.9 Å². The molecule has 3 rings (SSSR count). The largest absolute Gasteiger partial charge is 0.341 e. The zero-order valence-corrected chi connectivity index (χ0v) is 15.6. The molecule has 142 valence electrons. The molecule has 0 heterocycles. The van der Waals surface area contributed by atoms with Crippen molar-refractivity contribution in [2.75, 3.05) is 6.54 Å². The van der Waals surface area contributed by atoms with Gasteiger partial charge in [0, 0.05) is 18.4 Å². The van der Waals surface area contributed by atoms with Crippen LogP contribution in [0.2, 0.25) is 0 Å². The fraction of sp³-hybridized carbons (Fsp3) is 0.364. The first-order valence-corrected chi connectivity index (χ1v) is 9.44. The molecule has 0 bridgehead atoms. The van der Waals surface area contributed by atoms with Crippen molar-refractivity contribution in [3.63, 3.8) is 0 Å². The van der Waals surface area contributed by atoms with Crippen molar-refractivity contribution in [2.24, 2.45) is 0 Å². The molecule has 0 aromatic heterocycles. The Morgan fingerprint density at radius 2 is 1.74 bits per heavy atom. The molecular formula is C22H26FN2O2+. The van der Waals surface area contributed by atoms with E-state index in [9.17, 15) is 14.0 Å². The lowest BCUT2D eigenvalue weighted by atomic mass is 10.0. The Balaban J connectivity index is 1.59. The van der Waals surface area contributed by atoms with Crippen LogP contribution in [0.5, 0.6) is 0 Å². The summed E-state index contributed by atoms with van der Waals surface area (Å²) in [5.41, 5.74) is 2.04. The number of hydrogen-bond acceptors (Lipinski definition) is 2. The molecule has 0 radical (unpaired) electrons. The molecule has 27 heavy (non-hydrogen) atoms. The molecule has 1 aliphatic carbocycles. The van der Waals surface area contributed by atoms with Crippen LogP contribution in [-0.4, -0.2) is 30.3 Å². The van der Waals surface area contributed by atoms with Gasteiger partial charge >= 0.3 is 0 Å². The minimum atomic E-state index is -0.508. The lowest BCUT2D eigenvalue weighted by Gasteiger charge is -2.21. The summed E-state index contributed by atoms with van der Waals surface area (Å²) in [7, 11) is 0. The molecule has 1 saturated carbocycles. The fourth-order valence-corrected chi connectivity index (χ4v) is 3.30. The van der Waals surface area contributed by atoms with Gasteiger partial charge in [0.05, 0.1) is 12.1 Å². The topological polar surface area (TPSA) is 50.6 Å². The van der Waals surface area contributed by atoms with Crippen LogP contribution in [-0.2, 0) is 22.6 Å². The van der Waals surface area contributed by atoms with Gasteiger partial charge in [0.15, 0.2) is 12.3 Å². The molecule has 0 saturated heterocycles. The highest BCUT2D eigenvalue weighted by molar-refractivity contribution is 5.88. The average molecular weight is 369 g/mol. The van der Waals surface area contributed by atoms with Gasteiger partial charge in [-0.05, 0) is 31.0 Å².